The molecule has 82 valence electrons. The zero-order valence-corrected chi connectivity index (χ0v) is 9.72. The van der Waals surface area contributed by atoms with Crippen molar-refractivity contribution < 1.29 is 4.79 Å². The summed E-state index contributed by atoms with van der Waals surface area (Å²) in [5.74, 6) is 2.21. The molecule has 0 spiro atoms. The lowest BCUT2D eigenvalue weighted by atomic mass is 9.78. The van der Waals surface area contributed by atoms with Gasteiger partial charge in [0.1, 0.15) is 5.78 Å². The Kier molecular flexibility index (Phi) is 5.21. The lowest BCUT2D eigenvalue weighted by Gasteiger charge is -2.28. The average Bonchev–Trinajstić information content (AvgIpc) is 2.17. The van der Waals surface area contributed by atoms with Gasteiger partial charge in [0, 0.05) is 6.42 Å². The van der Waals surface area contributed by atoms with Crippen molar-refractivity contribution in [3.8, 4) is 0 Å². The molecule has 1 aliphatic rings. The first-order valence-corrected chi connectivity index (χ1v) is 6.21. The van der Waals surface area contributed by atoms with Gasteiger partial charge in [0.25, 0.3) is 0 Å². The van der Waals surface area contributed by atoms with E-state index in [0.29, 0.717) is 5.78 Å². The molecule has 0 N–H and O–H groups in total. The van der Waals surface area contributed by atoms with E-state index in [2.05, 4.69) is 6.92 Å². The minimum Gasteiger partial charge on any atom is -0.300 e. The molecule has 1 heteroatoms. The Balaban J connectivity index is 2.12. The number of carbonyl (C=O) groups is 1. The van der Waals surface area contributed by atoms with Crippen LogP contribution in [0, 0.1) is 11.8 Å². The second-order valence-electron chi connectivity index (χ2n) is 4.92. The van der Waals surface area contributed by atoms with Crippen LogP contribution in [0.15, 0.2) is 0 Å². The zero-order valence-electron chi connectivity index (χ0n) is 9.72. The van der Waals surface area contributed by atoms with E-state index in [1.54, 1.807) is 6.92 Å². The molecule has 0 aliphatic heterocycles. The van der Waals surface area contributed by atoms with Crippen LogP contribution in [0.5, 0.6) is 0 Å². The highest BCUT2D eigenvalue weighted by Gasteiger charge is 2.20. The summed E-state index contributed by atoms with van der Waals surface area (Å²) < 4.78 is 0. The second kappa shape index (κ2) is 6.21. The number of Topliss-reactive ketones (excluding diaryl/α,β-unsaturated/α-hetero) is 1. The maximum Gasteiger partial charge on any atom is 0.129 e. The smallest absolute Gasteiger partial charge is 0.129 e. The number of ketones is 1. The van der Waals surface area contributed by atoms with Gasteiger partial charge >= 0.3 is 0 Å². The third kappa shape index (κ3) is 4.26. The molecule has 0 atom stereocenters. The fourth-order valence-electron chi connectivity index (χ4n) is 2.62. The van der Waals surface area contributed by atoms with Crippen molar-refractivity contribution in [1.29, 1.82) is 0 Å². The van der Waals surface area contributed by atoms with Crippen molar-refractivity contribution in [2.24, 2.45) is 11.8 Å². The van der Waals surface area contributed by atoms with E-state index in [0.717, 1.165) is 24.7 Å². The summed E-state index contributed by atoms with van der Waals surface area (Å²) in [5.41, 5.74) is 0. The summed E-state index contributed by atoms with van der Waals surface area (Å²) in [6, 6.07) is 0. The Bertz CT molecular complexity index is 166. The van der Waals surface area contributed by atoms with Crippen molar-refractivity contribution in [3.63, 3.8) is 0 Å². The van der Waals surface area contributed by atoms with E-state index in [1.165, 1.54) is 38.5 Å². The van der Waals surface area contributed by atoms with Gasteiger partial charge in [-0.25, -0.2) is 0 Å². The lowest BCUT2D eigenvalue weighted by molar-refractivity contribution is -0.117. The van der Waals surface area contributed by atoms with Crippen LogP contribution < -0.4 is 0 Å². The van der Waals surface area contributed by atoms with E-state index in [9.17, 15) is 4.79 Å². The van der Waals surface area contributed by atoms with Gasteiger partial charge in [-0.05, 0) is 25.2 Å². The van der Waals surface area contributed by atoms with Crippen molar-refractivity contribution in [3.05, 3.63) is 0 Å². The highest BCUT2D eigenvalue weighted by Crippen LogP contribution is 2.33. The molecule has 0 amide bonds. The van der Waals surface area contributed by atoms with Gasteiger partial charge in [0.2, 0.25) is 0 Å². The third-order valence-corrected chi connectivity index (χ3v) is 3.57. The molecule has 1 nitrogen and oxygen atoms in total. The Morgan fingerprint density at radius 2 is 1.57 bits per heavy atom. The summed E-state index contributed by atoms with van der Waals surface area (Å²) >= 11 is 0. The Morgan fingerprint density at radius 3 is 2.00 bits per heavy atom. The van der Waals surface area contributed by atoms with Crippen molar-refractivity contribution in [1.82, 2.24) is 0 Å². The van der Waals surface area contributed by atoms with E-state index in [-0.39, 0.29) is 0 Å². The van der Waals surface area contributed by atoms with Crippen LogP contribution in [0.1, 0.15) is 65.2 Å². The van der Waals surface area contributed by atoms with Crippen LogP contribution in [-0.2, 0) is 4.79 Å². The van der Waals surface area contributed by atoms with Gasteiger partial charge in [-0.1, -0.05) is 45.4 Å². The molecule has 1 aliphatic carbocycles. The van der Waals surface area contributed by atoms with Crippen molar-refractivity contribution in [2.45, 2.75) is 65.2 Å². The number of rotatable bonds is 5. The molecule has 0 unspecified atom stereocenters. The Hall–Kier alpha value is -0.330. The van der Waals surface area contributed by atoms with Crippen molar-refractivity contribution in [2.75, 3.05) is 0 Å². The van der Waals surface area contributed by atoms with Gasteiger partial charge in [-0.15, -0.1) is 0 Å². The first kappa shape index (κ1) is 11.7. The van der Waals surface area contributed by atoms with Crippen LogP contribution >= 0.6 is 0 Å². The first-order valence-electron chi connectivity index (χ1n) is 6.21. The molecule has 14 heavy (non-hydrogen) atoms. The zero-order chi connectivity index (χ0) is 10.4. The second-order valence-corrected chi connectivity index (χ2v) is 4.92. The molecule has 0 saturated heterocycles. The molecule has 1 saturated carbocycles. The maximum absolute atomic E-state index is 10.9. The largest absolute Gasteiger partial charge is 0.300 e. The quantitative estimate of drug-likeness (QED) is 0.650. The van der Waals surface area contributed by atoms with E-state index >= 15 is 0 Å². The van der Waals surface area contributed by atoms with Crippen LogP contribution in [0.25, 0.3) is 0 Å². The summed E-state index contributed by atoms with van der Waals surface area (Å²) in [7, 11) is 0. The minimum absolute atomic E-state index is 0.362. The van der Waals surface area contributed by atoms with Gasteiger partial charge in [-0.3, -0.25) is 0 Å². The van der Waals surface area contributed by atoms with Gasteiger partial charge < -0.3 is 4.79 Å². The van der Waals surface area contributed by atoms with Crippen LogP contribution in [-0.4, -0.2) is 5.78 Å². The third-order valence-electron chi connectivity index (χ3n) is 3.57. The van der Waals surface area contributed by atoms with Crippen LogP contribution in [0.2, 0.25) is 0 Å². The first-order chi connectivity index (χ1) is 6.72. The van der Waals surface area contributed by atoms with Gasteiger partial charge in [0.05, 0.1) is 0 Å². The molecular formula is C13H24O. The molecule has 1 fully saturated rings. The Morgan fingerprint density at radius 1 is 1.07 bits per heavy atom. The summed E-state index contributed by atoms with van der Waals surface area (Å²) in [5, 5.41) is 0. The summed E-state index contributed by atoms with van der Waals surface area (Å²) in [6.45, 7) is 3.99. The average molecular weight is 196 g/mol. The van der Waals surface area contributed by atoms with Gasteiger partial charge in [0.15, 0.2) is 0 Å². The predicted octanol–water partition coefficient (Wildman–Crippen LogP) is 3.96. The standard InChI is InChI=1S/C13H24O/c1-3-4-12-7-9-13(10-8-12)6-5-11(2)14/h12-13H,3-10H2,1-2H3. The van der Waals surface area contributed by atoms with E-state index in [1.807, 2.05) is 0 Å². The molecule has 0 bridgehead atoms. The summed E-state index contributed by atoms with van der Waals surface area (Å²) in [6.07, 6.45) is 10.3. The van der Waals surface area contributed by atoms with Crippen molar-refractivity contribution >= 4 is 5.78 Å². The number of hydrogen-bond donors (Lipinski definition) is 0. The van der Waals surface area contributed by atoms with E-state index in [4.69, 9.17) is 0 Å². The SMILES string of the molecule is CCCC1CCC(CCC(C)=O)CC1. The molecular weight excluding hydrogens is 172 g/mol. The lowest BCUT2D eigenvalue weighted by Crippen LogP contribution is -2.15. The highest BCUT2D eigenvalue weighted by molar-refractivity contribution is 5.75. The van der Waals surface area contributed by atoms with Gasteiger partial charge in [-0.2, -0.15) is 0 Å². The molecule has 0 heterocycles. The topological polar surface area (TPSA) is 17.1 Å². The molecule has 0 aromatic rings. The predicted molar refractivity (Wildman–Crippen MR) is 60.3 cm³/mol. The summed E-state index contributed by atoms with van der Waals surface area (Å²) in [4.78, 5) is 10.9. The van der Waals surface area contributed by atoms with E-state index < -0.39 is 0 Å². The number of carbonyl (C=O) groups excluding carboxylic acids is 1. The minimum atomic E-state index is 0.362. The maximum atomic E-state index is 10.9. The Labute approximate surface area is 88.3 Å². The van der Waals surface area contributed by atoms with Crippen LogP contribution in [0.4, 0.5) is 0 Å². The molecule has 1 rings (SSSR count). The fraction of sp³-hybridized carbons (Fsp3) is 0.923. The molecule has 0 aromatic carbocycles. The molecule has 0 radical (unpaired) electrons. The highest BCUT2D eigenvalue weighted by atomic mass is 16.1. The normalized spacial score (nSPS) is 27.6. The molecule has 0 aromatic heterocycles. The fourth-order valence-corrected chi connectivity index (χ4v) is 2.62. The number of hydrogen-bond acceptors (Lipinski definition) is 1. The monoisotopic (exact) mass is 196 g/mol. The van der Waals surface area contributed by atoms with Crippen LogP contribution in [0.3, 0.4) is 0 Å².